The second-order valence-electron chi connectivity index (χ2n) is 3.02. The number of primary sulfonamides is 1. The molecule has 0 atom stereocenters. The zero-order chi connectivity index (χ0) is 10.3. The van der Waals surface area contributed by atoms with E-state index in [2.05, 4.69) is 11.2 Å². The summed E-state index contributed by atoms with van der Waals surface area (Å²) in [4.78, 5) is 2.11. The smallest absolute Gasteiger partial charge is 0.209 e. The highest BCUT2D eigenvalue weighted by atomic mass is 32.2. The van der Waals surface area contributed by atoms with E-state index in [0.717, 1.165) is 18.8 Å². The molecule has 0 aliphatic carbocycles. The number of rotatable bonds is 7. The van der Waals surface area contributed by atoms with E-state index in [0.29, 0.717) is 6.42 Å². The van der Waals surface area contributed by atoms with Gasteiger partial charge in [-0.25, -0.2) is 13.6 Å². The molecule has 0 fully saturated rings. The fraction of sp³-hybridized carbons (Fsp3) is 1.00. The summed E-state index contributed by atoms with van der Waals surface area (Å²) in [7, 11) is -1.29. The van der Waals surface area contributed by atoms with E-state index in [4.69, 9.17) is 5.14 Å². The molecule has 0 saturated heterocycles. The SMILES string of the molecule is CSCCN(C)CCCS(N)(=O)=O. The molecule has 0 bridgehead atoms. The van der Waals surface area contributed by atoms with Gasteiger partial charge < -0.3 is 4.90 Å². The second kappa shape index (κ2) is 6.64. The first-order chi connectivity index (χ1) is 5.95. The fourth-order valence-electron chi connectivity index (χ4n) is 0.895. The number of thioether (sulfide) groups is 1. The third-order valence-electron chi connectivity index (χ3n) is 1.65. The van der Waals surface area contributed by atoms with E-state index in [1.807, 2.05) is 7.05 Å². The van der Waals surface area contributed by atoms with Crippen molar-refractivity contribution >= 4 is 21.8 Å². The molecule has 0 rings (SSSR count). The van der Waals surface area contributed by atoms with Crippen LogP contribution in [-0.2, 0) is 10.0 Å². The van der Waals surface area contributed by atoms with Crippen molar-refractivity contribution in [1.29, 1.82) is 0 Å². The predicted octanol–water partition coefficient (Wildman–Crippen LogP) is -0.0402. The predicted molar refractivity (Wildman–Crippen MR) is 58.5 cm³/mol. The molecule has 0 aliphatic rings. The van der Waals surface area contributed by atoms with Crippen LogP contribution in [0.1, 0.15) is 6.42 Å². The molecule has 4 nitrogen and oxygen atoms in total. The lowest BCUT2D eigenvalue weighted by atomic mass is 10.4. The monoisotopic (exact) mass is 226 g/mol. The zero-order valence-electron chi connectivity index (χ0n) is 8.19. The third kappa shape index (κ3) is 10.1. The molecule has 13 heavy (non-hydrogen) atoms. The lowest BCUT2D eigenvalue weighted by Gasteiger charge is -2.14. The first-order valence-corrected chi connectivity index (χ1v) is 7.24. The van der Waals surface area contributed by atoms with Crippen LogP contribution < -0.4 is 5.14 Å². The molecule has 0 spiro atoms. The highest BCUT2D eigenvalue weighted by Gasteiger charge is 2.03. The Kier molecular flexibility index (Phi) is 6.75. The van der Waals surface area contributed by atoms with E-state index >= 15 is 0 Å². The summed E-state index contributed by atoms with van der Waals surface area (Å²) >= 11 is 1.78. The molecule has 0 radical (unpaired) electrons. The van der Waals surface area contributed by atoms with E-state index in [1.54, 1.807) is 11.8 Å². The van der Waals surface area contributed by atoms with Crippen molar-refractivity contribution in [3.05, 3.63) is 0 Å². The number of nitrogens with zero attached hydrogens (tertiary/aromatic N) is 1. The third-order valence-corrected chi connectivity index (χ3v) is 3.09. The Balaban J connectivity index is 3.42. The molecule has 0 aromatic carbocycles. The minimum atomic E-state index is -3.27. The minimum absolute atomic E-state index is 0.0800. The Bertz CT molecular complexity index is 217. The van der Waals surface area contributed by atoms with Crippen LogP contribution in [0.25, 0.3) is 0 Å². The highest BCUT2D eigenvalue weighted by molar-refractivity contribution is 7.98. The first kappa shape index (κ1) is 13.2. The summed E-state index contributed by atoms with van der Waals surface area (Å²) < 4.78 is 21.2. The molecule has 0 unspecified atom stereocenters. The Labute approximate surface area is 84.9 Å². The van der Waals surface area contributed by atoms with Crippen molar-refractivity contribution in [2.24, 2.45) is 5.14 Å². The van der Waals surface area contributed by atoms with Gasteiger partial charge in [0.05, 0.1) is 5.75 Å². The number of hydrogen-bond acceptors (Lipinski definition) is 4. The molecule has 0 saturated carbocycles. The van der Waals surface area contributed by atoms with Gasteiger partial charge in [-0.15, -0.1) is 0 Å². The summed E-state index contributed by atoms with van der Waals surface area (Å²) in [6.45, 7) is 1.78. The first-order valence-electron chi connectivity index (χ1n) is 4.13. The van der Waals surface area contributed by atoms with Gasteiger partial charge in [-0.2, -0.15) is 11.8 Å². The van der Waals surface area contributed by atoms with Gasteiger partial charge in [-0.1, -0.05) is 0 Å². The molecular formula is C7H18N2O2S2. The Hall–Kier alpha value is 0.220. The van der Waals surface area contributed by atoms with Crippen molar-refractivity contribution in [3.8, 4) is 0 Å². The lowest BCUT2D eigenvalue weighted by molar-refractivity contribution is 0.356. The largest absolute Gasteiger partial charge is 0.306 e. The molecule has 0 aromatic heterocycles. The van der Waals surface area contributed by atoms with Gasteiger partial charge in [0.25, 0.3) is 0 Å². The quantitative estimate of drug-likeness (QED) is 0.661. The van der Waals surface area contributed by atoms with Crippen LogP contribution >= 0.6 is 11.8 Å². The average Bonchev–Trinajstić information content (AvgIpc) is 1.98. The van der Waals surface area contributed by atoms with E-state index < -0.39 is 10.0 Å². The molecule has 6 heteroatoms. The zero-order valence-corrected chi connectivity index (χ0v) is 9.83. The van der Waals surface area contributed by atoms with E-state index in [1.165, 1.54) is 0 Å². The summed E-state index contributed by atoms with van der Waals surface area (Å²) in [6, 6.07) is 0. The molecule has 0 amide bonds. The van der Waals surface area contributed by atoms with Crippen LogP contribution in [-0.4, -0.2) is 51.2 Å². The number of sulfonamides is 1. The maximum atomic E-state index is 10.6. The topological polar surface area (TPSA) is 63.4 Å². The van der Waals surface area contributed by atoms with Crippen LogP contribution in [0.3, 0.4) is 0 Å². The summed E-state index contributed by atoms with van der Waals surface area (Å²) in [5.74, 6) is 1.16. The van der Waals surface area contributed by atoms with Crippen molar-refractivity contribution in [2.45, 2.75) is 6.42 Å². The summed E-state index contributed by atoms with van der Waals surface area (Å²) in [5.41, 5.74) is 0. The Morgan fingerprint density at radius 1 is 1.38 bits per heavy atom. The molecule has 0 heterocycles. The second-order valence-corrected chi connectivity index (χ2v) is 5.74. The van der Waals surface area contributed by atoms with Crippen LogP contribution in [0, 0.1) is 0 Å². The average molecular weight is 226 g/mol. The van der Waals surface area contributed by atoms with Gasteiger partial charge in [-0.3, -0.25) is 0 Å². The molecule has 0 aromatic rings. The molecular weight excluding hydrogens is 208 g/mol. The van der Waals surface area contributed by atoms with Crippen molar-refractivity contribution < 1.29 is 8.42 Å². The van der Waals surface area contributed by atoms with Gasteiger partial charge in [0.1, 0.15) is 0 Å². The van der Waals surface area contributed by atoms with Gasteiger partial charge >= 0.3 is 0 Å². The minimum Gasteiger partial charge on any atom is -0.306 e. The Morgan fingerprint density at radius 2 is 2.00 bits per heavy atom. The van der Waals surface area contributed by atoms with Gasteiger partial charge in [-0.05, 0) is 26.3 Å². The summed E-state index contributed by atoms with van der Waals surface area (Å²) in [6.07, 6.45) is 2.67. The number of hydrogen-bond donors (Lipinski definition) is 1. The van der Waals surface area contributed by atoms with Crippen LogP contribution in [0.5, 0.6) is 0 Å². The molecule has 80 valence electrons. The Morgan fingerprint density at radius 3 is 2.46 bits per heavy atom. The maximum absolute atomic E-state index is 10.6. The normalized spacial score (nSPS) is 12.3. The van der Waals surface area contributed by atoms with Gasteiger partial charge in [0.15, 0.2) is 0 Å². The van der Waals surface area contributed by atoms with E-state index in [-0.39, 0.29) is 5.75 Å². The van der Waals surface area contributed by atoms with Gasteiger partial charge in [0.2, 0.25) is 10.0 Å². The van der Waals surface area contributed by atoms with Crippen LogP contribution in [0.2, 0.25) is 0 Å². The summed E-state index contributed by atoms with van der Waals surface area (Å²) in [5, 5.41) is 4.87. The lowest BCUT2D eigenvalue weighted by Crippen LogP contribution is -2.25. The molecule has 0 aliphatic heterocycles. The van der Waals surface area contributed by atoms with Crippen LogP contribution in [0.15, 0.2) is 0 Å². The highest BCUT2D eigenvalue weighted by Crippen LogP contribution is 1.95. The number of nitrogens with two attached hydrogens (primary N) is 1. The molecule has 2 N–H and O–H groups in total. The fourth-order valence-corrected chi connectivity index (χ4v) is 1.92. The van der Waals surface area contributed by atoms with Crippen LogP contribution in [0.4, 0.5) is 0 Å². The van der Waals surface area contributed by atoms with Gasteiger partial charge in [0, 0.05) is 12.3 Å². The van der Waals surface area contributed by atoms with Crippen molar-refractivity contribution in [2.75, 3.05) is 37.9 Å². The maximum Gasteiger partial charge on any atom is 0.209 e. The van der Waals surface area contributed by atoms with E-state index in [9.17, 15) is 8.42 Å². The van der Waals surface area contributed by atoms with Crippen molar-refractivity contribution in [3.63, 3.8) is 0 Å². The standard InChI is InChI=1S/C7H18N2O2S2/c1-9(5-6-12-2)4-3-7-13(8,10)11/h3-7H2,1-2H3,(H2,8,10,11). The van der Waals surface area contributed by atoms with Crippen molar-refractivity contribution in [1.82, 2.24) is 4.90 Å².